The van der Waals surface area contributed by atoms with E-state index in [0.717, 1.165) is 0 Å². The summed E-state index contributed by atoms with van der Waals surface area (Å²) in [6.45, 7) is 2.77. The molecule has 0 bridgehead atoms. The molecule has 2 aromatic rings. The highest BCUT2D eigenvalue weighted by molar-refractivity contribution is 6.30. The maximum absolute atomic E-state index is 13.6. The summed E-state index contributed by atoms with van der Waals surface area (Å²) in [5.74, 6) is -5.78. The summed E-state index contributed by atoms with van der Waals surface area (Å²) < 4.78 is 56.1. The third-order valence-corrected chi connectivity index (χ3v) is 9.11. The zero-order valence-electron chi connectivity index (χ0n) is 28.0. The number of alkyl carbamates (subject to hydrolysis) is 1. The smallest absolute Gasteiger partial charge is 0.471 e. The minimum atomic E-state index is -5.27. The number of nitrogens with one attached hydrogen (secondary N) is 3. The van der Waals surface area contributed by atoms with Gasteiger partial charge in [-0.3, -0.25) is 19.2 Å². The van der Waals surface area contributed by atoms with Gasteiger partial charge in [0.05, 0.1) is 29.4 Å². The summed E-state index contributed by atoms with van der Waals surface area (Å²) in [6.07, 6.45) is -13.1. The molecular formula is C34H38F3N3O12. The van der Waals surface area contributed by atoms with Gasteiger partial charge in [0, 0.05) is 61.0 Å². The van der Waals surface area contributed by atoms with Crippen LogP contribution in [0.15, 0.2) is 24.3 Å². The monoisotopic (exact) mass is 737 g/mol. The summed E-state index contributed by atoms with van der Waals surface area (Å²) in [4.78, 5) is 63.2. The number of amides is 3. The molecule has 5 rings (SSSR count). The molecule has 1 fully saturated rings. The highest BCUT2D eigenvalue weighted by Crippen LogP contribution is 2.52. The largest absolute Gasteiger partial charge is 0.507 e. The Morgan fingerprint density at radius 2 is 1.65 bits per heavy atom. The third kappa shape index (κ3) is 7.84. The maximum atomic E-state index is 13.6. The predicted octanol–water partition coefficient (Wildman–Crippen LogP) is 1.79. The number of aliphatic hydroxyl groups is 2. The molecule has 15 nitrogen and oxygen atoms in total. The van der Waals surface area contributed by atoms with Crippen LogP contribution in [0.2, 0.25) is 0 Å². The standard InChI is InChI=1S/C34H38F3N3O12/c1-3-9-38-21(41)8-10-39-32(48)50-14-33(49)12-18-23(30(46)25-24(29(18)45)27(43)16-6-4-5-7-17(16)28(25)44)20(13-33)52-22-11-19(26(42)15(2)51-22)40-31(47)34(35,36)37/h4-7,15,19-20,22,26,42,45-46,49H,3,8-14H2,1-2H3,(H,38,41)(H,39,48)(H,40,47)/t15-,19+,20+,22+,26+,33?/m1/s1. The fourth-order valence-corrected chi connectivity index (χ4v) is 6.58. The van der Waals surface area contributed by atoms with Crippen molar-refractivity contribution in [1.29, 1.82) is 0 Å². The number of halogens is 3. The van der Waals surface area contributed by atoms with Gasteiger partial charge in [-0.1, -0.05) is 31.2 Å². The van der Waals surface area contributed by atoms with E-state index in [-0.39, 0.29) is 41.1 Å². The van der Waals surface area contributed by atoms with Crippen molar-refractivity contribution >= 4 is 29.5 Å². The lowest BCUT2D eigenvalue weighted by Crippen LogP contribution is -2.57. The topological polar surface area (TPSA) is 230 Å². The second kappa shape index (κ2) is 15.1. The van der Waals surface area contributed by atoms with E-state index < -0.39 is 114 Å². The number of fused-ring (bicyclic) bond motifs is 3. The molecule has 1 unspecified atom stereocenters. The second-order valence-electron chi connectivity index (χ2n) is 13.0. The van der Waals surface area contributed by atoms with E-state index in [1.807, 2.05) is 6.92 Å². The van der Waals surface area contributed by atoms with Gasteiger partial charge >= 0.3 is 18.2 Å². The van der Waals surface area contributed by atoms with Crippen LogP contribution in [0.4, 0.5) is 18.0 Å². The molecule has 7 N–H and O–H groups in total. The average molecular weight is 738 g/mol. The minimum absolute atomic E-state index is 0.0491. The van der Waals surface area contributed by atoms with Crippen LogP contribution in [-0.4, -0.2) is 106 Å². The molecular weight excluding hydrogens is 699 g/mol. The molecule has 1 aliphatic heterocycles. The second-order valence-corrected chi connectivity index (χ2v) is 13.0. The highest BCUT2D eigenvalue weighted by atomic mass is 19.4. The number of alkyl halides is 3. The SMILES string of the molecule is CCCNC(=O)CCNC(=O)OCC1(O)Cc2c(O)c3c(c(O)c2[C@@H](O[C@H]2C[C@H](NC(=O)C(F)(F)F)[C@@H](O)[C@@H](C)O2)C1)C(=O)c1ccccc1C3=O. The molecule has 1 heterocycles. The van der Waals surface area contributed by atoms with Gasteiger partial charge in [-0.25, -0.2) is 4.79 Å². The number of ether oxygens (including phenoxy) is 3. The third-order valence-electron chi connectivity index (χ3n) is 9.11. The number of phenolic OH excluding ortho intramolecular Hbond substituents is 2. The summed E-state index contributed by atoms with van der Waals surface area (Å²) in [6, 6.07) is 4.19. The number of hydrogen-bond acceptors (Lipinski definition) is 12. The Labute approximate surface area is 294 Å². The predicted molar refractivity (Wildman–Crippen MR) is 170 cm³/mol. The Hall–Kier alpha value is -4.78. The Morgan fingerprint density at radius 1 is 1.02 bits per heavy atom. The van der Waals surface area contributed by atoms with Gasteiger partial charge in [-0.2, -0.15) is 13.2 Å². The first kappa shape index (κ1) is 38.5. The summed E-state index contributed by atoms with van der Waals surface area (Å²) in [5.41, 5.74) is -3.77. The number of carbonyl (C=O) groups is 5. The number of carbonyl (C=O) groups excluding carboxylic acids is 5. The zero-order valence-corrected chi connectivity index (χ0v) is 28.0. The molecule has 1 saturated heterocycles. The van der Waals surface area contributed by atoms with Gasteiger partial charge < -0.3 is 50.6 Å². The fraction of sp³-hybridized carbons (Fsp3) is 0.500. The number of hydrogen-bond donors (Lipinski definition) is 7. The van der Waals surface area contributed by atoms with E-state index in [1.165, 1.54) is 31.2 Å². The van der Waals surface area contributed by atoms with Crippen LogP contribution in [0.1, 0.15) is 88.6 Å². The number of rotatable bonds is 10. The molecule has 2 aromatic carbocycles. The van der Waals surface area contributed by atoms with Crippen molar-refractivity contribution in [2.45, 2.75) is 88.4 Å². The van der Waals surface area contributed by atoms with Crippen LogP contribution in [0.25, 0.3) is 0 Å². The fourth-order valence-electron chi connectivity index (χ4n) is 6.58. The van der Waals surface area contributed by atoms with Crippen LogP contribution < -0.4 is 16.0 Å². The van der Waals surface area contributed by atoms with Gasteiger partial charge in [-0.05, 0) is 13.3 Å². The van der Waals surface area contributed by atoms with E-state index in [9.17, 15) is 57.6 Å². The van der Waals surface area contributed by atoms with E-state index in [1.54, 1.807) is 5.32 Å². The van der Waals surface area contributed by atoms with E-state index >= 15 is 0 Å². The van der Waals surface area contributed by atoms with E-state index in [2.05, 4.69) is 10.6 Å². The van der Waals surface area contributed by atoms with Crippen molar-refractivity contribution in [1.82, 2.24) is 16.0 Å². The van der Waals surface area contributed by atoms with E-state index in [0.29, 0.717) is 13.0 Å². The summed E-state index contributed by atoms with van der Waals surface area (Å²) in [7, 11) is 0. The molecule has 6 atom stereocenters. The first-order chi connectivity index (χ1) is 24.5. The van der Waals surface area contributed by atoms with Crippen molar-refractivity contribution in [3.8, 4) is 11.5 Å². The Balaban J connectivity index is 1.46. The molecule has 52 heavy (non-hydrogen) atoms. The molecule has 2 aliphatic carbocycles. The number of benzene rings is 2. The van der Waals surface area contributed by atoms with Crippen molar-refractivity contribution in [3.63, 3.8) is 0 Å². The molecule has 0 radical (unpaired) electrons. The lowest BCUT2D eigenvalue weighted by molar-refractivity contribution is -0.252. The Morgan fingerprint density at radius 3 is 2.27 bits per heavy atom. The van der Waals surface area contributed by atoms with E-state index in [4.69, 9.17) is 14.2 Å². The van der Waals surface area contributed by atoms with Crippen LogP contribution >= 0.6 is 0 Å². The van der Waals surface area contributed by atoms with Gasteiger partial charge in [-0.15, -0.1) is 0 Å². The number of ketones is 2. The molecule has 3 aliphatic rings. The van der Waals surface area contributed by atoms with Crippen molar-refractivity contribution in [2.24, 2.45) is 0 Å². The number of aliphatic hydroxyl groups excluding tert-OH is 1. The van der Waals surface area contributed by atoms with Gasteiger partial charge in [0.25, 0.3) is 0 Å². The highest BCUT2D eigenvalue weighted by Gasteiger charge is 2.49. The van der Waals surface area contributed by atoms with Crippen LogP contribution in [0, 0.1) is 0 Å². The maximum Gasteiger partial charge on any atom is 0.471 e. The molecule has 282 valence electrons. The summed E-state index contributed by atoms with van der Waals surface area (Å²) in [5, 5.41) is 52.2. The van der Waals surface area contributed by atoms with Crippen molar-refractivity contribution in [2.75, 3.05) is 19.7 Å². The molecule has 0 aromatic heterocycles. The molecule has 0 spiro atoms. The van der Waals surface area contributed by atoms with Gasteiger partial charge in [0.2, 0.25) is 5.91 Å². The normalized spacial score (nSPS) is 25.3. The lowest BCUT2D eigenvalue weighted by Gasteiger charge is -2.43. The van der Waals surface area contributed by atoms with Crippen molar-refractivity contribution in [3.05, 3.63) is 57.6 Å². The first-order valence-corrected chi connectivity index (χ1v) is 16.5. The van der Waals surface area contributed by atoms with Crippen LogP contribution in [0.5, 0.6) is 11.5 Å². The van der Waals surface area contributed by atoms with Gasteiger partial charge in [0.15, 0.2) is 17.9 Å². The Bertz CT molecular complexity index is 1770. The summed E-state index contributed by atoms with van der Waals surface area (Å²) >= 11 is 0. The number of phenols is 2. The zero-order chi connectivity index (χ0) is 38.1. The lowest BCUT2D eigenvalue weighted by atomic mass is 9.73. The average Bonchev–Trinajstić information content (AvgIpc) is 3.08. The molecule has 0 saturated carbocycles. The number of aromatic hydroxyl groups is 2. The molecule has 3 amide bonds. The van der Waals surface area contributed by atoms with Crippen LogP contribution in [0.3, 0.4) is 0 Å². The van der Waals surface area contributed by atoms with Crippen LogP contribution in [-0.2, 0) is 30.2 Å². The van der Waals surface area contributed by atoms with Gasteiger partial charge in [0.1, 0.15) is 29.8 Å². The first-order valence-electron chi connectivity index (χ1n) is 16.5. The van der Waals surface area contributed by atoms with Crippen molar-refractivity contribution < 1.29 is 71.8 Å². The molecule has 18 heteroatoms. The minimum Gasteiger partial charge on any atom is -0.507 e. The Kier molecular flexibility index (Phi) is 11.1. The quantitative estimate of drug-likeness (QED) is 0.148.